The van der Waals surface area contributed by atoms with Gasteiger partial charge < -0.3 is 19.4 Å². The number of hydrogen-bond donors (Lipinski definition) is 1. The first kappa shape index (κ1) is 18.8. The lowest BCUT2D eigenvalue weighted by Crippen LogP contribution is -2.42. The molecule has 29 heavy (non-hydrogen) atoms. The number of esters is 1. The molecular formula is C23H22N2O4. The van der Waals surface area contributed by atoms with Crippen molar-refractivity contribution in [3.63, 3.8) is 0 Å². The maximum atomic E-state index is 13.3. The van der Waals surface area contributed by atoms with Gasteiger partial charge in [0.25, 0.3) is 5.91 Å². The molecule has 2 aromatic carbocycles. The Morgan fingerprint density at radius 1 is 1.14 bits per heavy atom. The zero-order valence-corrected chi connectivity index (χ0v) is 16.6. The van der Waals surface area contributed by atoms with Crippen LogP contribution in [0.4, 0.5) is 5.69 Å². The Morgan fingerprint density at radius 2 is 1.86 bits per heavy atom. The van der Waals surface area contributed by atoms with E-state index in [0.717, 1.165) is 16.8 Å². The first-order valence-corrected chi connectivity index (χ1v) is 9.38. The minimum atomic E-state index is -0.546. The number of carbonyl (C=O) groups is 2. The number of rotatable bonds is 4. The largest absolute Gasteiger partial charge is 0.465 e. The third-order valence-corrected chi connectivity index (χ3v) is 5.11. The zero-order chi connectivity index (χ0) is 20.5. The Labute approximate surface area is 169 Å². The molecule has 0 fully saturated rings. The fraction of sp³-hybridized carbons (Fsp3) is 0.217. The molecule has 0 saturated heterocycles. The molecule has 0 saturated carbocycles. The molecule has 1 atom stereocenters. The topological polar surface area (TPSA) is 71.8 Å². The van der Waals surface area contributed by atoms with Gasteiger partial charge in [-0.3, -0.25) is 4.79 Å². The van der Waals surface area contributed by atoms with E-state index in [9.17, 15) is 9.59 Å². The van der Waals surface area contributed by atoms with E-state index >= 15 is 0 Å². The molecule has 0 bridgehead atoms. The molecule has 1 amide bonds. The van der Waals surface area contributed by atoms with E-state index in [1.165, 1.54) is 7.11 Å². The summed E-state index contributed by atoms with van der Waals surface area (Å²) >= 11 is 0. The number of para-hydroxylation sites is 1. The number of amides is 1. The molecule has 6 heteroatoms. The van der Waals surface area contributed by atoms with Gasteiger partial charge in [-0.15, -0.1) is 0 Å². The Balaban J connectivity index is 1.75. The van der Waals surface area contributed by atoms with Crippen molar-refractivity contribution >= 4 is 17.6 Å². The van der Waals surface area contributed by atoms with Gasteiger partial charge in [-0.1, -0.05) is 42.0 Å². The molecule has 0 unspecified atom stereocenters. The van der Waals surface area contributed by atoms with Gasteiger partial charge in [0.15, 0.2) is 6.17 Å². The number of furan rings is 1. The SMILES string of the molecule is COC(=O)c1cc([C@H]2Nc3ccccc3C(=O)N2Cc2ccc(C)cc2)oc1C. The Bertz CT molecular complexity index is 1070. The van der Waals surface area contributed by atoms with E-state index < -0.39 is 12.1 Å². The smallest absolute Gasteiger partial charge is 0.341 e. The third-order valence-electron chi connectivity index (χ3n) is 5.11. The molecule has 1 aliphatic heterocycles. The molecule has 2 heterocycles. The normalized spacial score (nSPS) is 15.6. The Kier molecular flexibility index (Phi) is 4.84. The lowest BCUT2D eigenvalue weighted by atomic mass is 10.0. The fourth-order valence-corrected chi connectivity index (χ4v) is 3.52. The molecule has 4 rings (SSSR count). The molecule has 1 N–H and O–H groups in total. The fourth-order valence-electron chi connectivity index (χ4n) is 3.52. The highest BCUT2D eigenvalue weighted by Gasteiger charge is 2.35. The van der Waals surface area contributed by atoms with Gasteiger partial charge in [0.2, 0.25) is 0 Å². The van der Waals surface area contributed by atoms with Gasteiger partial charge in [-0.25, -0.2) is 4.79 Å². The van der Waals surface area contributed by atoms with Crippen LogP contribution in [0.1, 0.15) is 49.5 Å². The van der Waals surface area contributed by atoms with Crippen LogP contribution in [-0.4, -0.2) is 23.9 Å². The standard InChI is InChI=1S/C23H22N2O4/c1-14-8-10-16(11-9-14)13-25-21(20-12-18(15(2)29-20)23(27)28-3)24-19-7-5-4-6-17(19)22(25)26/h4-12,21,24H,13H2,1-3H3/t21-/m0/s1. The molecular weight excluding hydrogens is 368 g/mol. The maximum Gasteiger partial charge on any atom is 0.341 e. The van der Waals surface area contributed by atoms with Crippen LogP contribution in [-0.2, 0) is 11.3 Å². The van der Waals surface area contributed by atoms with Gasteiger partial charge in [0, 0.05) is 12.2 Å². The highest BCUT2D eigenvalue weighted by molar-refractivity contribution is 6.01. The van der Waals surface area contributed by atoms with Crippen LogP contribution in [0.5, 0.6) is 0 Å². The van der Waals surface area contributed by atoms with Crippen LogP contribution in [0.15, 0.2) is 59.0 Å². The summed E-state index contributed by atoms with van der Waals surface area (Å²) in [6.45, 7) is 4.13. The van der Waals surface area contributed by atoms with Crippen LogP contribution < -0.4 is 5.32 Å². The van der Waals surface area contributed by atoms with Crippen molar-refractivity contribution in [2.45, 2.75) is 26.6 Å². The zero-order valence-electron chi connectivity index (χ0n) is 16.6. The summed E-state index contributed by atoms with van der Waals surface area (Å²) in [4.78, 5) is 27.0. The van der Waals surface area contributed by atoms with E-state index in [0.29, 0.717) is 29.2 Å². The van der Waals surface area contributed by atoms with Gasteiger partial charge in [0.05, 0.1) is 12.7 Å². The molecule has 0 spiro atoms. The van der Waals surface area contributed by atoms with Crippen LogP contribution >= 0.6 is 0 Å². The van der Waals surface area contributed by atoms with Gasteiger partial charge in [-0.05, 0) is 37.6 Å². The number of nitrogens with one attached hydrogen (secondary N) is 1. The van der Waals surface area contributed by atoms with E-state index in [1.807, 2.05) is 49.4 Å². The average molecular weight is 390 g/mol. The number of benzene rings is 2. The molecule has 6 nitrogen and oxygen atoms in total. The Morgan fingerprint density at radius 3 is 2.59 bits per heavy atom. The summed E-state index contributed by atoms with van der Waals surface area (Å²) in [7, 11) is 1.33. The van der Waals surface area contributed by atoms with Crippen LogP contribution in [0.25, 0.3) is 0 Å². The quantitative estimate of drug-likeness (QED) is 0.667. The summed E-state index contributed by atoms with van der Waals surface area (Å²) in [6.07, 6.45) is -0.546. The molecule has 148 valence electrons. The molecule has 0 aliphatic carbocycles. The summed E-state index contributed by atoms with van der Waals surface area (Å²) in [6, 6.07) is 17.1. The van der Waals surface area contributed by atoms with Crippen molar-refractivity contribution < 1.29 is 18.7 Å². The average Bonchev–Trinajstić information content (AvgIpc) is 3.12. The van der Waals surface area contributed by atoms with Crippen molar-refractivity contribution in [1.82, 2.24) is 4.90 Å². The van der Waals surface area contributed by atoms with Crippen LogP contribution in [0, 0.1) is 13.8 Å². The summed E-state index contributed by atoms with van der Waals surface area (Å²) in [5.74, 6) is 0.372. The number of fused-ring (bicyclic) bond motifs is 1. The summed E-state index contributed by atoms with van der Waals surface area (Å²) < 4.78 is 10.7. The van der Waals surface area contributed by atoms with E-state index in [-0.39, 0.29) is 5.91 Å². The van der Waals surface area contributed by atoms with Gasteiger partial charge >= 0.3 is 5.97 Å². The predicted octanol–water partition coefficient (Wildman–Crippen LogP) is 4.45. The second kappa shape index (κ2) is 7.47. The highest BCUT2D eigenvalue weighted by Crippen LogP contribution is 2.35. The number of methoxy groups -OCH3 is 1. The summed E-state index contributed by atoms with van der Waals surface area (Å²) in [5.41, 5.74) is 3.85. The molecule has 1 aliphatic rings. The Hall–Kier alpha value is -3.54. The predicted molar refractivity (Wildman–Crippen MR) is 109 cm³/mol. The minimum absolute atomic E-state index is 0.0985. The van der Waals surface area contributed by atoms with Crippen molar-refractivity contribution in [1.29, 1.82) is 0 Å². The number of aryl methyl sites for hydroxylation is 2. The maximum absolute atomic E-state index is 13.3. The van der Waals surface area contributed by atoms with E-state index in [4.69, 9.17) is 9.15 Å². The summed E-state index contributed by atoms with van der Waals surface area (Å²) in [5, 5.41) is 3.38. The monoisotopic (exact) mass is 390 g/mol. The second-order valence-electron chi connectivity index (χ2n) is 7.12. The first-order valence-electron chi connectivity index (χ1n) is 9.38. The van der Waals surface area contributed by atoms with Crippen molar-refractivity contribution in [2.75, 3.05) is 12.4 Å². The van der Waals surface area contributed by atoms with E-state index in [2.05, 4.69) is 5.32 Å². The van der Waals surface area contributed by atoms with E-state index in [1.54, 1.807) is 24.0 Å². The number of hydrogen-bond acceptors (Lipinski definition) is 5. The number of anilines is 1. The van der Waals surface area contributed by atoms with Crippen LogP contribution in [0.3, 0.4) is 0 Å². The molecule has 0 radical (unpaired) electrons. The second-order valence-corrected chi connectivity index (χ2v) is 7.12. The molecule has 3 aromatic rings. The van der Waals surface area contributed by atoms with Crippen molar-refractivity contribution in [3.05, 3.63) is 88.4 Å². The van der Waals surface area contributed by atoms with Crippen LogP contribution in [0.2, 0.25) is 0 Å². The minimum Gasteiger partial charge on any atom is -0.465 e. The van der Waals surface area contributed by atoms with Crippen molar-refractivity contribution in [2.24, 2.45) is 0 Å². The molecule has 1 aromatic heterocycles. The van der Waals surface area contributed by atoms with Gasteiger partial charge in [0.1, 0.15) is 17.1 Å². The third kappa shape index (κ3) is 3.49. The lowest BCUT2D eigenvalue weighted by Gasteiger charge is -2.36. The van der Waals surface area contributed by atoms with Gasteiger partial charge in [-0.2, -0.15) is 0 Å². The number of ether oxygens (including phenoxy) is 1. The highest BCUT2D eigenvalue weighted by atomic mass is 16.5. The number of carbonyl (C=O) groups excluding carboxylic acids is 2. The number of nitrogens with zero attached hydrogens (tertiary/aromatic N) is 1. The van der Waals surface area contributed by atoms with Crippen molar-refractivity contribution in [3.8, 4) is 0 Å². The lowest BCUT2D eigenvalue weighted by molar-refractivity contribution is 0.0597. The first-order chi connectivity index (χ1) is 14.0.